The lowest BCUT2D eigenvalue weighted by molar-refractivity contribution is 0.494. The molecule has 2 rings (SSSR count). The predicted octanol–water partition coefficient (Wildman–Crippen LogP) is 5.17. The monoisotopic (exact) mass is 317 g/mol. The maximum atomic E-state index is 3.65. The van der Waals surface area contributed by atoms with Crippen LogP contribution in [0, 0.1) is 6.92 Å². The molecule has 0 bridgehead atoms. The Morgan fingerprint density at radius 2 is 1.47 bits per heavy atom. The minimum atomic E-state index is 0.327. The normalized spacial score (nSPS) is 14.1. The molecule has 0 radical (unpaired) electrons. The minimum Gasteiger partial charge on any atom is -0.304 e. The SMILES string of the molecule is Cc1cccc(C(C)NC(C)c2cccc(Br)c2)c1. The molecule has 0 fully saturated rings. The smallest absolute Gasteiger partial charge is 0.0297 e. The second-order valence-corrected chi connectivity index (χ2v) is 5.99. The Bertz CT molecular complexity index is 501. The van der Waals surface area contributed by atoms with Crippen LogP contribution in [0.5, 0.6) is 0 Å². The second-order valence-electron chi connectivity index (χ2n) is 5.08. The molecule has 1 nitrogen and oxygen atoms in total. The first-order valence-corrected chi connectivity index (χ1v) is 7.43. The van der Waals surface area contributed by atoms with Gasteiger partial charge < -0.3 is 5.32 Å². The summed E-state index contributed by atoms with van der Waals surface area (Å²) in [5, 5.41) is 3.65. The Morgan fingerprint density at radius 1 is 0.895 bits per heavy atom. The third-order valence-corrected chi connectivity index (χ3v) is 3.88. The molecule has 19 heavy (non-hydrogen) atoms. The van der Waals surface area contributed by atoms with Gasteiger partial charge >= 0.3 is 0 Å². The van der Waals surface area contributed by atoms with Crippen molar-refractivity contribution in [2.24, 2.45) is 0 Å². The molecule has 0 aromatic heterocycles. The third-order valence-electron chi connectivity index (χ3n) is 3.39. The molecule has 0 heterocycles. The van der Waals surface area contributed by atoms with Crippen LogP contribution in [0.3, 0.4) is 0 Å². The van der Waals surface area contributed by atoms with Gasteiger partial charge in [-0.05, 0) is 44.0 Å². The maximum absolute atomic E-state index is 3.65. The van der Waals surface area contributed by atoms with Crippen LogP contribution in [0.25, 0.3) is 0 Å². The van der Waals surface area contributed by atoms with E-state index in [9.17, 15) is 0 Å². The van der Waals surface area contributed by atoms with E-state index in [1.54, 1.807) is 0 Å². The molecule has 2 aromatic rings. The van der Waals surface area contributed by atoms with Crippen molar-refractivity contribution in [2.45, 2.75) is 32.9 Å². The van der Waals surface area contributed by atoms with Gasteiger partial charge in [-0.3, -0.25) is 0 Å². The van der Waals surface area contributed by atoms with Gasteiger partial charge in [0.2, 0.25) is 0 Å². The van der Waals surface area contributed by atoms with Gasteiger partial charge in [-0.2, -0.15) is 0 Å². The molecule has 2 unspecified atom stereocenters. The number of nitrogens with one attached hydrogen (secondary N) is 1. The van der Waals surface area contributed by atoms with Crippen LogP contribution >= 0.6 is 15.9 Å². The summed E-state index contributed by atoms with van der Waals surface area (Å²) in [6.07, 6.45) is 0. The van der Waals surface area contributed by atoms with Crippen LogP contribution in [-0.2, 0) is 0 Å². The summed E-state index contributed by atoms with van der Waals surface area (Å²) in [5.41, 5.74) is 3.94. The number of benzene rings is 2. The van der Waals surface area contributed by atoms with Crippen LogP contribution in [0.2, 0.25) is 0 Å². The fourth-order valence-electron chi connectivity index (χ4n) is 2.28. The zero-order valence-corrected chi connectivity index (χ0v) is 13.2. The fourth-order valence-corrected chi connectivity index (χ4v) is 2.70. The van der Waals surface area contributed by atoms with E-state index in [0.717, 1.165) is 4.47 Å². The predicted molar refractivity (Wildman–Crippen MR) is 85.3 cm³/mol. The fraction of sp³-hybridized carbons (Fsp3) is 0.294. The summed E-state index contributed by atoms with van der Waals surface area (Å²) >= 11 is 3.52. The number of aryl methyl sites for hydroxylation is 1. The van der Waals surface area contributed by atoms with Crippen molar-refractivity contribution in [3.8, 4) is 0 Å². The van der Waals surface area contributed by atoms with Gasteiger partial charge in [0.05, 0.1) is 0 Å². The van der Waals surface area contributed by atoms with E-state index < -0.39 is 0 Å². The van der Waals surface area contributed by atoms with Crippen molar-refractivity contribution in [2.75, 3.05) is 0 Å². The van der Waals surface area contributed by atoms with Crippen molar-refractivity contribution in [1.29, 1.82) is 0 Å². The molecule has 0 saturated heterocycles. The lowest BCUT2D eigenvalue weighted by Crippen LogP contribution is -2.22. The highest BCUT2D eigenvalue weighted by molar-refractivity contribution is 9.10. The van der Waals surface area contributed by atoms with Gasteiger partial charge in [0, 0.05) is 16.6 Å². The first kappa shape index (κ1) is 14.3. The minimum absolute atomic E-state index is 0.327. The highest BCUT2D eigenvalue weighted by Gasteiger charge is 2.11. The lowest BCUT2D eigenvalue weighted by atomic mass is 10.0. The van der Waals surface area contributed by atoms with Crippen LogP contribution in [0.4, 0.5) is 0 Å². The van der Waals surface area contributed by atoms with Gasteiger partial charge in [0.1, 0.15) is 0 Å². The molecule has 100 valence electrons. The van der Waals surface area contributed by atoms with Crippen molar-refractivity contribution in [1.82, 2.24) is 5.32 Å². The summed E-state index contributed by atoms with van der Waals surface area (Å²) in [6, 6.07) is 17.8. The average molecular weight is 318 g/mol. The zero-order valence-electron chi connectivity index (χ0n) is 11.7. The maximum Gasteiger partial charge on any atom is 0.0297 e. The number of halogens is 1. The molecule has 2 heteroatoms. The third kappa shape index (κ3) is 3.92. The Hall–Kier alpha value is -1.12. The quantitative estimate of drug-likeness (QED) is 0.820. The zero-order chi connectivity index (χ0) is 13.8. The number of rotatable bonds is 4. The van der Waals surface area contributed by atoms with E-state index >= 15 is 0 Å². The first-order chi connectivity index (χ1) is 9.06. The molecule has 0 amide bonds. The van der Waals surface area contributed by atoms with Gasteiger partial charge in [-0.25, -0.2) is 0 Å². The molecular weight excluding hydrogens is 298 g/mol. The van der Waals surface area contributed by atoms with Crippen LogP contribution in [-0.4, -0.2) is 0 Å². The van der Waals surface area contributed by atoms with Crippen LogP contribution in [0.15, 0.2) is 53.0 Å². The number of hydrogen-bond donors (Lipinski definition) is 1. The first-order valence-electron chi connectivity index (χ1n) is 6.64. The van der Waals surface area contributed by atoms with E-state index in [1.165, 1.54) is 16.7 Å². The lowest BCUT2D eigenvalue weighted by Gasteiger charge is -2.21. The average Bonchev–Trinajstić information content (AvgIpc) is 2.38. The van der Waals surface area contributed by atoms with Crippen molar-refractivity contribution in [3.05, 3.63) is 69.7 Å². The van der Waals surface area contributed by atoms with Gasteiger partial charge in [0.25, 0.3) is 0 Å². The summed E-state index contributed by atoms with van der Waals surface area (Å²) in [5.74, 6) is 0. The van der Waals surface area contributed by atoms with Crippen LogP contribution in [0.1, 0.15) is 42.6 Å². The van der Waals surface area contributed by atoms with Gasteiger partial charge in [0.15, 0.2) is 0 Å². The van der Waals surface area contributed by atoms with Gasteiger partial charge in [-0.1, -0.05) is 57.9 Å². The largest absolute Gasteiger partial charge is 0.304 e. The van der Waals surface area contributed by atoms with E-state index in [1.807, 2.05) is 0 Å². The molecule has 1 N–H and O–H groups in total. The van der Waals surface area contributed by atoms with Crippen molar-refractivity contribution < 1.29 is 0 Å². The van der Waals surface area contributed by atoms with Crippen molar-refractivity contribution >= 4 is 15.9 Å². The molecule has 0 aliphatic carbocycles. The summed E-state index contributed by atoms with van der Waals surface area (Å²) in [7, 11) is 0. The summed E-state index contributed by atoms with van der Waals surface area (Å²) in [6.45, 7) is 6.55. The van der Waals surface area contributed by atoms with E-state index in [0.29, 0.717) is 12.1 Å². The highest BCUT2D eigenvalue weighted by atomic mass is 79.9. The molecule has 2 atom stereocenters. The molecule has 0 spiro atoms. The Morgan fingerprint density at radius 3 is 2.05 bits per heavy atom. The van der Waals surface area contributed by atoms with Gasteiger partial charge in [-0.15, -0.1) is 0 Å². The Labute approximate surface area is 124 Å². The topological polar surface area (TPSA) is 12.0 Å². The Kier molecular flexibility index (Phi) is 4.78. The molecule has 0 aliphatic heterocycles. The standard InChI is InChI=1S/C17H20BrN/c1-12-6-4-7-15(10-12)13(2)19-14(3)16-8-5-9-17(18)11-16/h4-11,13-14,19H,1-3H3. The van der Waals surface area contributed by atoms with Crippen LogP contribution < -0.4 is 5.32 Å². The molecule has 0 aliphatic rings. The number of hydrogen-bond acceptors (Lipinski definition) is 1. The molecular formula is C17H20BrN. The molecule has 2 aromatic carbocycles. The van der Waals surface area contributed by atoms with E-state index in [-0.39, 0.29) is 0 Å². The van der Waals surface area contributed by atoms with Crippen molar-refractivity contribution in [3.63, 3.8) is 0 Å². The summed E-state index contributed by atoms with van der Waals surface area (Å²) in [4.78, 5) is 0. The van der Waals surface area contributed by atoms with E-state index in [2.05, 4.69) is 90.5 Å². The molecule has 0 saturated carbocycles. The summed E-state index contributed by atoms with van der Waals surface area (Å²) < 4.78 is 1.13. The highest BCUT2D eigenvalue weighted by Crippen LogP contribution is 2.22. The second kappa shape index (κ2) is 6.36. The van der Waals surface area contributed by atoms with E-state index in [4.69, 9.17) is 0 Å². The Balaban J connectivity index is 2.08.